The van der Waals surface area contributed by atoms with Crippen LogP contribution in [-0.2, 0) is 9.59 Å². The van der Waals surface area contributed by atoms with Crippen molar-refractivity contribution in [2.75, 3.05) is 26.2 Å². The number of ketones is 1. The number of aliphatic hydroxyl groups excluding tert-OH is 1. The third-order valence-electron chi connectivity index (χ3n) is 5.16. The minimum absolute atomic E-state index is 0.127. The fraction of sp³-hybridized carbons (Fsp3) is 0.318. The Morgan fingerprint density at radius 1 is 1.07 bits per heavy atom. The molecule has 1 N–H and O–H groups in total. The molecule has 0 spiro atoms. The van der Waals surface area contributed by atoms with Crippen LogP contribution in [0.15, 0.2) is 60.4 Å². The second-order valence-electron chi connectivity index (χ2n) is 6.67. The van der Waals surface area contributed by atoms with E-state index >= 15 is 0 Å². The summed E-state index contributed by atoms with van der Waals surface area (Å²) in [6.45, 7) is 6.95. The van der Waals surface area contributed by atoms with Crippen molar-refractivity contribution in [3.05, 3.63) is 71.6 Å². The average molecular weight is 379 g/mol. The van der Waals surface area contributed by atoms with Crippen molar-refractivity contribution < 1.29 is 14.7 Å². The van der Waals surface area contributed by atoms with Gasteiger partial charge in [0.2, 0.25) is 0 Å². The number of nitrogens with zero attached hydrogens (tertiary/aromatic N) is 3. The zero-order chi connectivity index (χ0) is 20.1. The number of carbonyl (C=O) groups is 2. The van der Waals surface area contributed by atoms with E-state index in [2.05, 4.69) is 23.7 Å². The van der Waals surface area contributed by atoms with E-state index in [0.29, 0.717) is 18.7 Å². The predicted octanol–water partition coefficient (Wildman–Crippen LogP) is 2.85. The monoisotopic (exact) mass is 379 g/mol. The molecule has 1 aliphatic rings. The van der Waals surface area contributed by atoms with Crippen LogP contribution in [-0.4, -0.2) is 57.8 Å². The van der Waals surface area contributed by atoms with Gasteiger partial charge in [-0.05, 0) is 30.8 Å². The Bertz CT molecular complexity index is 861. The highest BCUT2D eigenvalue weighted by Crippen LogP contribution is 2.38. The Kier molecular flexibility index (Phi) is 6.21. The number of aromatic nitrogens is 1. The van der Waals surface area contributed by atoms with Gasteiger partial charge >= 0.3 is 0 Å². The molecule has 0 saturated carbocycles. The van der Waals surface area contributed by atoms with Gasteiger partial charge in [0.25, 0.3) is 11.7 Å². The van der Waals surface area contributed by atoms with E-state index in [-0.39, 0.29) is 11.3 Å². The molecule has 6 heteroatoms. The van der Waals surface area contributed by atoms with Crippen LogP contribution in [0, 0.1) is 0 Å². The van der Waals surface area contributed by atoms with Crippen molar-refractivity contribution >= 4 is 17.4 Å². The molecule has 1 amide bonds. The fourth-order valence-corrected chi connectivity index (χ4v) is 3.55. The molecule has 0 unspecified atom stereocenters. The molecule has 2 aromatic rings. The molecule has 0 radical (unpaired) electrons. The summed E-state index contributed by atoms with van der Waals surface area (Å²) in [5.41, 5.74) is 1.40. The topological polar surface area (TPSA) is 73.7 Å². The second kappa shape index (κ2) is 8.80. The first-order valence-electron chi connectivity index (χ1n) is 9.54. The van der Waals surface area contributed by atoms with Gasteiger partial charge in [-0.2, -0.15) is 0 Å². The molecule has 1 aromatic carbocycles. The lowest BCUT2D eigenvalue weighted by atomic mass is 9.95. The third kappa shape index (κ3) is 3.82. The average Bonchev–Trinajstić information content (AvgIpc) is 3.00. The first-order valence-corrected chi connectivity index (χ1v) is 9.54. The maximum atomic E-state index is 12.9. The van der Waals surface area contributed by atoms with Crippen LogP contribution in [0.4, 0.5) is 0 Å². The lowest BCUT2D eigenvalue weighted by Gasteiger charge is -2.28. The van der Waals surface area contributed by atoms with Gasteiger partial charge in [0.15, 0.2) is 0 Å². The molecule has 6 nitrogen and oxygen atoms in total. The SMILES string of the molecule is CCN(CC)CCN1C(=O)C(=O)/C(=C(\O)c2ccncc2)[C@H]1c1ccccc1. The van der Waals surface area contributed by atoms with Crippen LogP contribution in [0.1, 0.15) is 31.0 Å². The van der Waals surface area contributed by atoms with Crippen molar-refractivity contribution in [2.45, 2.75) is 19.9 Å². The Morgan fingerprint density at radius 2 is 1.71 bits per heavy atom. The summed E-state index contributed by atoms with van der Waals surface area (Å²) in [7, 11) is 0. The highest BCUT2D eigenvalue weighted by atomic mass is 16.3. The number of likely N-dealkylation sites (tertiary alicyclic amines) is 1. The van der Waals surface area contributed by atoms with Gasteiger partial charge in [-0.1, -0.05) is 44.2 Å². The highest BCUT2D eigenvalue weighted by Gasteiger charge is 2.45. The Hall–Kier alpha value is -2.99. The van der Waals surface area contributed by atoms with Gasteiger partial charge in [-0.15, -0.1) is 0 Å². The molecule has 1 fully saturated rings. The van der Waals surface area contributed by atoms with Crippen LogP contribution < -0.4 is 0 Å². The molecule has 0 bridgehead atoms. The van der Waals surface area contributed by atoms with E-state index in [1.54, 1.807) is 29.4 Å². The number of hydrogen-bond acceptors (Lipinski definition) is 5. The van der Waals surface area contributed by atoms with E-state index < -0.39 is 17.7 Å². The van der Waals surface area contributed by atoms with Gasteiger partial charge in [0, 0.05) is 31.0 Å². The first kappa shape index (κ1) is 19.8. The standard InChI is InChI=1S/C22H25N3O3/c1-3-24(4-2)14-15-25-19(16-8-6-5-7-9-16)18(21(27)22(25)28)20(26)17-10-12-23-13-11-17/h5-13,19,26H,3-4,14-15H2,1-2H3/b20-18-/t19-/m1/s1. The predicted molar refractivity (Wildman–Crippen MR) is 107 cm³/mol. The van der Waals surface area contributed by atoms with E-state index in [0.717, 1.165) is 18.7 Å². The van der Waals surface area contributed by atoms with Gasteiger partial charge in [0.05, 0.1) is 11.6 Å². The number of carbonyl (C=O) groups excluding carboxylic acids is 2. The number of Topliss-reactive ketones (excluding diaryl/α,β-unsaturated/α-hetero) is 1. The number of amides is 1. The smallest absolute Gasteiger partial charge is 0.295 e. The van der Waals surface area contributed by atoms with Gasteiger partial charge in [0.1, 0.15) is 5.76 Å². The Balaban J connectivity index is 2.06. The van der Waals surface area contributed by atoms with E-state index in [4.69, 9.17) is 0 Å². The highest BCUT2D eigenvalue weighted by molar-refractivity contribution is 6.46. The van der Waals surface area contributed by atoms with E-state index in [9.17, 15) is 14.7 Å². The van der Waals surface area contributed by atoms with Gasteiger partial charge in [-0.3, -0.25) is 14.6 Å². The largest absolute Gasteiger partial charge is 0.507 e. The molecule has 3 rings (SSSR count). The summed E-state index contributed by atoms with van der Waals surface area (Å²) >= 11 is 0. The van der Waals surface area contributed by atoms with Crippen molar-refractivity contribution in [3.8, 4) is 0 Å². The second-order valence-corrected chi connectivity index (χ2v) is 6.67. The molecule has 0 aliphatic carbocycles. The summed E-state index contributed by atoms with van der Waals surface area (Å²) in [5.74, 6) is -1.39. The van der Waals surface area contributed by atoms with E-state index in [1.807, 2.05) is 30.3 Å². The van der Waals surface area contributed by atoms with Crippen molar-refractivity contribution in [1.29, 1.82) is 0 Å². The van der Waals surface area contributed by atoms with Crippen LogP contribution in [0.5, 0.6) is 0 Å². The molecule has 1 saturated heterocycles. The number of pyridine rings is 1. The van der Waals surface area contributed by atoms with Crippen LogP contribution in [0.25, 0.3) is 5.76 Å². The number of hydrogen-bond donors (Lipinski definition) is 1. The van der Waals surface area contributed by atoms with Crippen LogP contribution >= 0.6 is 0 Å². The summed E-state index contributed by atoms with van der Waals surface area (Å²) < 4.78 is 0. The lowest BCUT2D eigenvalue weighted by molar-refractivity contribution is -0.140. The Labute approximate surface area is 165 Å². The molecular weight excluding hydrogens is 354 g/mol. The summed E-state index contributed by atoms with van der Waals surface area (Å²) in [6, 6.07) is 12.0. The van der Waals surface area contributed by atoms with E-state index in [1.165, 1.54) is 0 Å². The summed E-state index contributed by atoms with van der Waals surface area (Å²) in [6.07, 6.45) is 3.09. The molecular formula is C22H25N3O3. The minimum Gasteiger partial charge on any atom is -0.507 e. The zero-order valence-corrected chi connectivity index (χ0v) is 16.2. The maximum Gasteiger partial charge on any atom is 0.295 e. The minimum atomic E-state index is -0.650. The number of rotatable bonds is 7. The number of aliphatic hydroxyl groups is 1. The summed E-state index contributed by atoms with van der Waals surface area (Å²) in [4.78, 5) is 33.4. The van der Waals surface area contributed by atoms with Crippen molar-refractivity contribution in [3.63, 3.8) is 0 Å². The first-order chi connectivity index (χ1) is 13.6. The maximum absolute atomic E-state index is 12.9. The van der Waals surface area contributed by atoms with Crippen LogP contribution in [0.2, 0.25) is 0 Å². The molecule has 1 aliphatic heterocycles. The quantitative estimate of drug-likeness (QED) is 0.455. The number of likely N-dealkylation sites (N-methyl/N-ethyl adjacent to an activating group) is 1. The Morgan fingerprint density at radius 3 is 2.32 bits per heavy atom. The molecule has 1 atom stereocenters. The molecule has 1 aromatic heterocycles. The summed E-state index contributed by atoms with van der Waals surface area (Å²) in [5, 5.41) is 10.9. The van der Waals surface area contributed by atoms with Crippen molar-refractivity contribution in [1.82, 2.24) is 14.8 Å². The zero-order valence-electron chi connectivity index (χ0n) is 16.2. The molecule has 28 heavy (non-hydrogen) atoms. The fourth-order valence-electron chi connectivity index (χ4n) is 3.55. The lowest BCUT2D eigenvalue weighted by Crippen LogP contribution is -2.38. The molecule has 146 valence electrons. The number of benzene rings is 1. The molecule has 2 heterocycles. The van der Waals surface area contributed by atoms with Crippen LogP contribution in [0.3, 0.4) is 0 Å². The van der Waals surface area contributed by atoms with Crippen molar-refractivity contribution in [2.24, 2.45) is 0 Å². The normalized spacial score (nSPS) is 18.8. The van der Waals surface area contributed by atoms with Gasteiger partial charge in [-0.25, -0.2) is 0 Å². The van der Waals surface area contributed by atoms with Gasteiger partial charge < -0.3 is 14.9 Å². The third-order valence-corrected chi connectivity index (χ3v) is 5.16.